The van der Waals surface area contributed by atoms with Crippen LogP contribution in [0.5, 0.6) is 0 Å². The van der Waals surface area contributed by atoms with E-state index in [1.54, 1.807) is 6.92 Å². The van der Waals surface area contributed by atoms with Gasteiger partial charge in [-0.15, -0.1) is 0 Å². The van der Waals surface area contributed by atoms with Gasteiger partial charge in [-0.05, 0) is 56.0 Å². The average Bonchev–Trinajstić information content (AvgIpc) is 3.92. The van der Waals surface area contributed by atoms with Crippen LogP contribution in [-0.2, 0) is 30.8 Å². The van der Waals surface area contributed by atoms with Crippen LogP contribution in [0.1, 0.15) is 61.6 Å². The number of hydrogen-bond donors (Lipinski definition) is 0. The molecule has 3 aromatic heterocycles. The van der Waals surface area contributed by atoms with E-state index in [4.69, 9.17) is 15.0 Å². The Morgan fingerprint density at radius 2 is 1.78 bits per heavy atom. The lowest BCUT2D eigenvalue weighted by atomic mass is 10.0. The van der Waals surface area contributed by atoms with Crippen molar-refractivity contribution in [3.8, 4) is 22.5 Å². The van der Waals surface area contributed by atoms with Crippen molar-refractivity contribution in [2.45, 2.75) is 72.3 Å². The van der Waals surface area contributed by atoms with E-state index in [2.05, 4.69) is 77.6 Å². The van der Waals surface area contributed by atoms with Gasteiger partial charge >= 0.3 is 0 Å². The molecule has 0 spiro atoms. The summed E-state index contributed by atoms with van der Waals surface area (Å²) in [6, 6.07) is 19.6. The average molecular weight is 681 g/mol. The minimum Gasteiger partial charge on any atom is -0.366 e. The van der Waals surface area contributed by atoms with Crippen molar-refractivity contribution >= 4 is 34.1 Å². The van der Waals surface area contributed by atoms with Gasteiger partial charge in [0.2, 0.25) is 5.91 Å². The summed E-state index contributed by atoms with van der Waals surface area (Å²) < 4.78 is 2.30. The summed E-state index contributed by atoms with van der Waals surface area (Å²) in [5.41, 5.74) is 8.23. The summed E-state index contributed by atoms with van der Waals surface area (Å²) in [5, 5.41) is 2.14. The summed E-state index contributed by atoms with van der Waals surface area (Å²) in [7, 11) is 0. The van der Waals surface area contributed by atoms with Crippen LogP contribution < -0.4 is 9.80 Å². The number of fused-ring (bicyclic) bond motifs is 4. The van der Waals surface area contributed by atoms with E-state index in [1.165, 1.54) is 11.3 Å². The number of aromatic nitrogens is 4. The summed E-state index contributed by atoms with van der Waals surface area (Å²) >= 11 is 0. The molecule has 9 rings (SSSR count). The first kappa shape index (κ1) is 31.7. The van der Waals surface area contributed by atoms with Crippen molar-refractivity contribution < 1.29 is 9.59 Å². The summed E-state index contributed by atoms with van der Waals surface area (Å²) in [4.78, 5) is 49.2. The summed E-state index contributed by atoms with van der Waals surface area (Å²) in [6.45, 7) is 13.6. The maximum Gasteiger partial charge on any atom is 0.254 e. The zero-order valence-electron chi connectivity index (χ0n) is 29.8. The molecule has 10 heteroatoms. The van der Waals surface area contributed by atoms with Crippen molar-refractivity contribution in [3.63, 3.8) is 0 Å². The number of benzene rings is 2. The molecule has 0 N–H and O–H groups in total. The van der Waals surface area contributed by atoms with Crippen LogP contribution in [0.2, 0.25) is 0 Å². The fourth-order valence-electron chi connectivity index (χ4n) is 8.93. The molecule has 2 aromatic carbocycles. The number of amides is 2. The van der Waals surface area contributed by atoms with Gasteiger partial charge in [0.15, 0.2) is 0 Å². The topological polar surface area (TPSA) is 90.7 Å². The molecule has 0 bridgehead atoms. The second-order valence-electron chi connectivity index (χ2n) is 14.8. The first-order valence-electron chi connectivity index (χ1n) is 18.4. The van der Waals surface area contributed by atoms with Crippen molar-refractivity contribution in [1.29, 1.82) is 0 Å². The molecule has 4 aliphatic heterocycles. The van der Waals surface area contributed by atoms with Crippen LogP contribution in [0.3, 0.4) is 0 Å². The lowest BCUT2D eigenvalue weighted by molar-refractivity contribution is -0.130. The number of carbonyl (C=O) groups is 2. The Kier molecular flexibility index (Phi) is 7.59. The Labute approximate surface area is 298 Å². The van der Waals surface area contributed by atoms with Gasteiger partial charge in [0.1, 0.15) is 11.6 Å². The summed E-state index contributed by atoms with van der Waals surface area (Å²) in [6.07, 6.45) is 5.89. The third-order valence-electron chi connectivity index (χ3n) is 11.7. The number of aryl methyl sites for hydroxylation is 1. The molecule has 0 saturated carbocycles. The number of rotatable bonds is 6. The molecule has 2 unspecified atom stereocenters. The van der Waals surface area contributed by atoms with Gasteiger partial charge in [0.25, 0.3) is 5.91 Å². The Bertz CT molecular complexity index is 2190. The van der Waals surface area contributed by atoms with E-state index in [9.17, 15) is 9.59 Å². The number of nitrogens with zero attached hydrogens (tertiary/aromatic N) is 8. The monoisotopic (exact) mass is 680 g/mol. The van der Waals surface area contributed by atoms with Gasteiger partial charge in [-0.1, -0.05) is 31.2 Å². The molecule has 4 aliphatic rings. The largest absolute Gasteiger partial charge is 0.366 e. The molecule has 2 amide bonds. The third kappa shape index (κ3) is 5.17. The molecule has 5 aromatic rings. The van der Waals surface area contributed by atoms with Gasteiger partial charge in [-0.2, -0.15) is 0 Å². The van der Waals surface area contributed by atoms with Crippen molar-refractivity contribution in [2.75, 3.05) is 36.0 Å². The van der Waals surface area contributed by atoms with Gasteiger partial charge in [-0.25, -0.2) is 9.97 Å². The highest BCUT2D eigenvalue weighted by atomic mass is 16.2. The minimum atomic E-state index is 0.0944. The number of pyridine rings is 2. The molecule has 260 valence electrons. The van der Waals surface area contributed by atoms with Gasteiger partial charge in [-0.3, -0.25) is 14.6 Å². The number of hydrogen-bond acceptors (Lipinski definition) is 7. The standard InChI is InChI=1S/C41H44N8O2/c1-5-38-44-40(37-24-45(26(4)50)16-17-48(37)38)30-9-6-8-27-18-34(42-20-32(27)30)28-12-13-39(43-19-28)46-21-29-14-15-47(36(29)23-46)35-11-7-10-31-33(35)22-49(25(2)3)41(31)51/h6-13,18-20,25,29,36H,5,14-17,21-24H2,1-4H3. The van der Waals surface area contributed by atoms with Crippen LogP contribution >= 0.6 is 0 Å². The van der Waals surface area contributed by atoms with E-state index in [-0.39, 0.29) is 17.9 Å². The molecule has 2 saturated heterocycles. The van der Waals surface area contributed by atoms with Crippen molar-refractivity contribution in [2.24, 2.45) is 5.92 Å². The highest BCUT2D eigenvalue weighted by Crippen LogP contribution is 2.41. The molecular formula is C41H44N8O2. The fourth-order valence-corrected chi connectivity index (χ4v) is 8.93. The number of carbonyl (C=O) groups excluding carboxylic acids is 2. The van der Waals surface area contributed by atoms with E-state index in [0.717, 1.165) is 95.2 Å². The van der Waals surface area contributed by atoms with Crippen LogP contribution in [0.25, 0.3) is 33.3 Å². The van der Waals surface area contributed by atoms with Gasteiger partial charge in [0, 0.05) is 110 Å². The summed E-state index contributed by atoms with van der Waals surface area (Å²) in [5.74, 6) is 2.87. The van der Waals surface area contributed by atoms with Gasteiger partial charge < -0.3 is 24.2 Å². The highest BCUT2D eigenvalue weighted by Gasteiger charge is 2.43. The molecule has 2 atom stereocenters. The third-order valence-corrected chi connectivity index (χ3v) is 11.7. The predicted octanol–water partition coefficient (Wildman–Crippen LogP) is 6.16. The second-order valence-corrected chi connectivity index (χ2v) is 14.8. The lowest BCUT2D eigenvalue weighted by Crippen LogP contribution is -2.37. The molecule has 0 radical (unpaired) electrons. The predicted molar refractivity (Wildman–Crippen MR) is 200 cm³/mol. The van der Waals surface area contributed by atoms with E-state index >= 15 is 0 Å². The SMILES string of the molecule is CCc1nc(-c2cccc3cc(-c4ccc(N5CC6CCN(c7cccc8c7CN(C(C)C)C8=O)C6C5)nc4)ncc23)c2n1CCN(C(C)=O)C2. The van der Waals surface area contributed by atoms with Crippen LogP contribution in [-0.4, -0.2) is 79.4 Å². The highest BCUT2D eigenvalue weighted by molar-refractivity contribution is 6.00. The van der Waals surface area contributed by atoms with Crippen LogP contribution in [0, 0.1) is 5.92 Å². The first-order valence-corrected chi connectivity index (χ1v) is 18.4. The van der Waals surface area contributed by atoms with E-state index in [1.807, 2.05) is 34.3 Å². The first-order chi connectivity index (χ1) is 24.8. The molecule has 7 heterocycles. The zero-order valence-corrected chi connectivity index (χ0v) is 29.8. The Hall–Kier alpha value is -5.25. The fraction of sp³-hybridized carbons (Fsp3) is 0.390. The normalized spacial score (nSPS) is 19.7. The van der Waals surface area contributed by atoms with Gasteiger partial charge in [0.05, 0.1) is 29.7 Å². The van der Waals surface area contributed by atoms with E-state index < -0.39 is 0 Å². The minimum absolute atomic E-state index is 0.0944. The quantitative estimate of drug-likeness (QED) is 0.212. The second kappa shape index (κ2) is 12.2. The Balaban J connectivity index is 0.949. The molecule has 2 fully saturated rings. The number of imidazole rings is 1. The zero-order chi connectivity index (χ0) is 35.0. The molecule has 10 nitrogen and oxygen atoms in total. The maximum atomic E-state index is 13.1. The van der Waals surface area contributed by atoms with E-state index in [0.29, 0.717) is 31.6 Å². The molecular weight excluding hydrogens is 637 g/mol. The van der Waals surface area contributed by atoms with Crippen LogP contribution in [0.15, 0.2) is 67.0 Å². The van der Waals surface area contributed by atoms with Crippen LogP contribution in [0.4, 0.5) is 11.5 Å². The molecule has 0 aliphatic carbocycles. The Morgan fingerprint density at radius 1 is 0.941 bits per heavy atom. The van der Waals surface area contributed by atoms with Crippen molar-refractivity contribution in [3.05, 3.63) is 89.6 Å². The number of anilines is 2. The van der Waals surface area contributed by atoms with Crippen molar-refractivity contribution in [1.82, 2.24) is 29.3 Å². The maximum absolute atomic E-state index is 13.1. The lowest BCUT2D eigenvalue weighted by Gasteiger charge is -2.29. The smallest absolute Gasteiger partial charge is 0.254 e. The molecule has 51 heavy (non-hydrogen) atoms. The Morgan fingerprint density at radius 3 is 2.57 bits per heavy atom.